The second kappa shape index (κ2) is 5.77. The number of hydrogen-bond acceptors (Lipinski definition) is 0. The first-order valence-corrected chi connectivity index (χ1v) is 6.83. The fraction of sp³-hybridized carbons (Fsp3) is 0.250. The molecule has 1 unspecified atom stereocenters. The van der Waals surface area contributed by atoms with Crippen molar-refractivity contribution in [3.05, 3.63) is 69.7 Å². The Labute approximate surface area is 119 Å². The van der Waals surface area contributed by atoms with Crippen LogP contribution >= 0.6 is 23.2 Å². The van der Waals surface area contributed by atoms with E-state index >= 15 is 0 Å². The Bertz CT molecular complexity index is 529. The zero-order chi connectivity index (χ0) is 13.1. The van der Waals surface area contributed by atoms with E-state index in [1.807, 2.05) is 24.3 Å². The SMILES string of the molecule is Cc1ccc(C(Cl)Cc2ccc(Cl)cc2)cc1C. The lowest BCUT2D eigenvalue weighted by molar-refractivity contribution is 0.917. The average molecular weight is 279 g/mol. The Hall–Kier alpha value is -0.980. The van der Waals surface area contributed by atoms with Crippen LogP contribution in [0.2, 0.25) is 5.02 Å². The Balaban J connectivity index is 2.13. The lowest BCUT2D eigenvalue weighted by Gasteiger charge is -2.12. The molecule has 0 saturated heterocycles. The molecule has 18 heavy (non-hydrogen) atoms. The Kier molecular flexibility index (Phi) is 4.31. The molecule has 0 fully saturated rings. The van der Waals surface area contributed by atoms with Gasteiger partial charge >= 0.3 is 0 Å². The summed E-state index contributed by atoms with van der Waals surface area (Å²) >= 11 is 12.3. The van der Waals surface area contributed by atoms with Crippen molar-refractivity contribution in [3.8, 4) is 0 Å². The molecule has 0 saturated carbocycles. The Morgan fingerprint density at radius 3 is 2.22 bits per heavy atom. The molecule has 0 nitrogen and oxygen atoms in total. The van der Waals surface area contributed by atoms with Crippen LogP contribution in [0.3, 0.4) is 0 Å². The maximum absolute atomic E-state index is 6.47. The Morgan fingerprint density at radius 1 is 0.944 bits per heavy atom. The normalized spacial score (nSPS) is 12.4. The standard InChI is InChI=1S/C16H16Cl2/c1-11-3-6-14(9-12(11)2)16(18)10-13-4-7-15(17)8-5-13/h3-9,16H,10H2,1-2H3. The van der Waals surface area contributed by atoms with Gasteiger partial charge in [0.25, 0.3) is 0 Å². The Morgan fingerprint density at radius 2 is 1.61 bits per heavy atom. The highest BCUT2D eigenvalue weighted by Gasteiger charge is 2.09. The minimum absolute atomic E-state index is 0.00507. The van der Waals surface area contributed by atoms with E-state index in [2.05, 4.69) is 32.0 Å². The van der Waals surface area contributed by atoms with Gasteiger partial charge in [0.15, 0.2) is 0 Å². The smallest absolute Gasteiger partial charge is 0.0625 e. The van der Waals surface area contributed by atoms with Crippen molar-refractivity contribution >= 4 is 23.2 Å². The monoisotopic (exact) mass is 278 g/mol. The molecule has 2 aromatic rings. The zero-order valence-corrected chi connectivity index (χ0v) is 12.1. The average Bonchev–Trinajstić information content (AvgIpc) is 2.35. The van der Waals surface area contributed by atoms with Gasteiger partial charge in [0.05, 0.1) is 5.38 Å². The van der Waals surface area contributed by atoms with Gasteiger partial charge in [-0.15, -0.1) is 11.6 Å². The number of halogens is 2. The molecule has 2 aromatic carbocycles. The molecule has 0 aliphatic heterocycles. The second-order valence-corrected chi connectivity index (χ2v) is 5.61. The third kappa shape index (κ3) is 3.28. The minimum Gasteiger partial charge on any atom is -0.117 e. The summed E-state index contributed by atoms with van der Waals surface area (Å²) in [6.45, 7) is 4.23. The van der Waals surface area contributed by atoms with E-state index in [4.69, 9.17) is 23.2 Å². The highest BCUT2D eigenvalue weighted by Crippen LogP contribution is 2.27. The first-order valence-electron chi connectivity index (χ1n) is 6.02. The molecule has 0 aromatic heterocycles. The fourth-order valence-corrected chi connectivity index (χ4v) is 2.34. The predicted molar refractivity (Wildman–Crippen MR) is 79.7 cm³/mol. The molecule has 0 bridgehead atoms. The van der Waals surface area contributed by atoms with Crippen LogP contribution in [0.5, 0.6) is 0 Å². The van der Waals surface area contributed by atoms with Gasteiger partial charge < -0.3 is 0 Å². The first kappa shape index (κ1) is 13.5. The van der Waals surface area contributed by atoms with Crippen molar-refractivity contribution < 1.29 is 0 Å². The first-order chi connectivity index (χ1) is 8.56. The van der Waals surface area contributed by atoms with Gasteiger partial charge in [0.2, 0.25) is 0 Å². The molecule has 0 aliphatic carbocycles. The molecule has 94 valence electrons. The van der Waals surface area contributed by atoms with E-state index in [0.29, 0.717) is 0 Å². The quantitative estimate of drug-likeness (QED) is 0.653. The summed E-state index contributed by atoms with van der Waals surface area (Å²) in [5.41, 5.74) is 4.97. The fourth-order valence-electron chi connectivity index (χ4n) is 1.90. The molecule has 0 N–H and O–H groups in total. The summed E-state index contributed by atoms with van der Waals surface area (Å²) in [7, 11) is 0. The van der Waals surface area contributed by atoms with Crippen molar-refractivity contribution in [2.24, 2.45) is 0 Å². The van der Waals surface area contributed by atoms with Crippen LogP contribution in [-0.4, -0.2) is 0 Å². The molecule has 0 radical (unpaired) electrons. The van der Waals surface area contributed by atoms with Gasteiger partial charge in [-0.25, -0.2) is 0 Å². The summed E-state index contributed by atoms with van der Waals surface area (Å²) < 4.78 is 0. The number of alkyl halides is 1. The number of benzene rings is 2. The van der Waals surface area contributed by atoms with Crippen molar-refractivity contribution in [2.45, 2.75) is 25.6 Å². The zero-order valence-electron chi connectivity index (χ0n) is 10.6. The third-order valence-electron chi connectivity index (χ3n) is 3.22. The molecule has 0 amide bonds. The third-order valence-corrected chi connectivity index (χ3v) is 3.88. The van der Waals surface area contributed by atoms with E-state index < -0.39 is 0 Å². The molecule has 0 aliphatic rings. The summed E-state index contributed by atoms with van der Waals surface area (Å²) in [5, 5.41) is 0.765. The molecule has 1 atom stereocenters. The molecule has 2 heteroatoms. The second-order valence-electron chi connectivity index (χ2n) is 4.64. The maximum Gasteiger partial charge on any atom is 0.0625 e. The van der Waals surface area contributed by atoms with Crippen LogP contribution < -0.4 is 0 Å². The summed E-state index contributed by atoms with van der Waals surface area (Å²) in [5.74, 6) is 0. The van der Waals surface area contributed by atoms with Gasteiger partial charge in [-0.2, -0.15) is 0 Å². The number of hydrogen-bond donors (Lipinski definition) is 0. The molecular weight excluding hydrogens is 263 g/mol. The minimum atomic E-state index is 0.00507. The highest BCUT2D eigenvalue weighted by atomic mass is 35.5. The van der Waals surface area contributed by atoms with Crippen LogP contribution in [0.1, 0.15) is 27.6 Å². The van der Waals surface area contributed by atoms with Crippen LogP contribution in [0.25, 0.3) is 0 Å². The van der Waals surface area contributed by atoms with Crippen LogP contribution in [0, 0.1) is 13.8 Å². The van der Waals surface area contributed by atoms with E-state index in [-0.39, 0.29) is 5.38 Å². The van der Waals surface area contributed by atoms with Gasteiger partial charge in [0, 0.05) is 5.02 Å². The van der Waals surface area contributed by atoms with Crippen LogP contribution in [-0.2, 0) is 6.42 Å². The number of rotatable bonds is 3. The van der Waals surface area contributed by atoms with Crippen molar-refractivity contribution in [1.82, 2.24) is 0 Å². The van der Waals surface area contributed by atoms with Crippen molar-refractivity contribution in [3.63, 3.8) is 0 Å². The topological polar surface area (TPSA) is 0 Å². The highest BCUT2D eigenvalue weighted by molar-refractivity contribution is 6.30. The lowest BCUT2D eigenvalue weighted by Crippen LogP contribution is -1.97. The molecule has 0 heterocycles. The lowest BCUT2D eigenvalue weighted by atomic mass is 10.00. The predicted octanol–water partition coefficient (Wildman–Crippen LogP) is 5.48. The van der Waals surface area contributed by atoms with Crippen molar-refractivity contribution in [1.29, 1.82) is 0 Å². The summed E-state index contributed by atoms with van der Waals surface area (Å²) in [4.78, 5) is 0. The largest absolute Gasteiger partial charge is 0.117 e. The van der Waals surface area contributed by atoms with Crippen LogP contribution in [0.15, 0.2) is 42.5 Å². The van der Waals surface area contributed by atoms with Gasteiger partial charge in [0.1, 0.15) is 0 Å². The maximum atomic E-state index is 6.47. The van der Waals surface area contributed by atoms with E-state index in [9.17, 15) is 0 Å². The molecular formula is C16H16Cl2. The van der Waals surface area contributed by atoms with Crippen LogP contribution in [0.4, 0.5) is 0 Å². The summed E-state index contributed by atoms with van der Waals surface area (Å²) in [6, 6.07) is 14.3. The van der Waals surface area contributed by atoms with E-state index in [1.165, 1.54) is 22.3 Å². The molecule has 0 spiro atoms. The molecule has 2 rings (SSSR count). The van der Waals surface area contributed by atoms with Gasteiger partial charge in [-0.05, 0) is 54.7 Å². The van der Waals surface area contributed by atoms with E-state index in [1.54, 1.807) is 0 Å². The van der Waals surface area contributed by atoms with E-state index in [0.717, 1.165) is 11.4 Å². The number of aryl methyl sites for hydroxylation is 2. The van der Waals surface area contributed by atoms with Gasteiger partial charge in [-0.3, -0.25) is 0 Å². The van der Waals surface area contributed by atoms with Crippen molar-refractivity contribution in [2.75, 3.05) is 0 Å². The van der Waals surface area contributed by atoms with Gasteiger partial charge in [-0.1, -0.05) is 41.9 Å². The summed E-state index contributed by atoms with van der Waals surface area (Å²) in [6.07, 6.45) is 0.821.